The number of Topliss-reactive ketones (excluding diaryl/α,β-unsaturated/α-hetero) is 1. The number of esters is 1. The average Bonchev–Trinajstić information content (AvgIpc) is 2.81. The molecule has 2 aliphatic rings. The Bertz CT molecular complexity index is 479. The van der Waals surface area contributed by atoms with Gasteiger partial charge in [0.05, 0.1) is 0 Å². The van der Waals surface area contributed by atoms with Crippen molar-refractivity contribution in [3.05, 3.63) is 12.7 Å². The topological polar surface area (TPSA) is 60.4 Å². The first-order chi connectivity index (χ1) is 10.3. The number of allylic oxidation sites excluding steroid dienone is 1. The highest BCUT2D eigenvalue weighted by Gasteiger charge is 2.60. The summed E-state index contributed by atoms with van der Waals surface area (Å²) < 4.78 is 5.45. The molecule has 122 valence electrons. The summed E-state index contributed by atoms with van der Waals surface area (Å²) in [7, 11) is 0. The molecule has 0 N–H and O–H groups in total. The van der Waals surface area contributed by atoms with Gasteiger partial charge in [0.25, 0.3) is 0 Å². The number of rotatable bonds is 7. The van der Waals surface area contributed by atoms with Gasteiger partial charge in [-0.1, -0.05) is 26.3 Å². The van der Waals surface area contributed by atoms with Crippen LogP contribution < -0.4 is 0 Å². The van der Waals surface area contributed by atoms with Crippen LogP contribution in [0, 0.1) is 29.1 Å². The highest BCUT2D eigenvalue weighted by atomic mass is 16.5. The maximum Gasteiger partial charge on any atom is 0.302 e. The van der Waals surface area contributed by atoms with Crippen molar-refractivity contribution < 1.29 is 19.1 Å². The third-order valence-corrected chi connectivity index (χ3v) is 5.53. The van der Waals surface area contributed by atoms with Gasteiger partial charge in [-0.05, 0) is 24.2 Å². The molecular weight excluding hydrogens is 280 g/mol. The summed E-state index contributed by atoms with van der Waals surface area (Å²) in [6.45, 7) is 9.43. The van der Waals surface area contributed by atoms with Crippen LogP contribution in [0.25, 0.3) is 0 Å². The molecule has 0 aromatic heterocycles. The number of aldehydes is 1. The van der Waals surface area contributed by atoms with Gasteiger partial charge in [0.1, 0.15) is 18.2 Å². The molecule has 0 spiro atoms. The van der Waals surface area contributed by atoms with E-state index >= 15 is 0 Å². The summed E-state index contributed by atoms with van der Waals surface area (Å²) in [5.41, 5.74) is 0.00187. The smallest absolute Gasteiger partial charge is 0.302 e. The minimum Gasteiger partial charge on any atom is -0.462 e. The number of carbonyl (C=O) groups is 3. The fraction of sp³-hybridized carbons (Fsp3) is 0.722. The van der Waals surface area contributed by atoms with Crippen LogP contribution in [0.5, 0.6) is 0 Å². The van der Waals surface area contributed by atoms with Crippen LogP contribution in [0.2, 0.25) is 0 Å². The van der Waals surface area contributed by atoms with Crippen LogP contribution >= 0.6 is 0 Å². The van der Waals surface area contributed by atoms with Crippen molar-refractivity contribution >= 4 is 18.0 Å². The maximum absolute atomic E-state index is 12.6. The molecule has 0 radical (unpaired) electrons. The third-order valence-electron chi connectivity index (χ3n) is 5.53. The molecule has 2 fully saturated rings. The lowest BCUT2D eigenvalue weighted by atomic mass is 9.88. The third kappa shape index (κ3) is 3.16. The van der Waals surface area contributed by atoms with E-state index in [-0.39, 0.29) is 47.3 Å². The van der Waals surface area contributed by atoms with E-state index < -0.39 is 6.10 Å². The lowest BCUT2D eigenvalue weighted by Gasteiger charge is -2.21. The van der Waals surface area contributed by atoms with Crippen molar-refractivity contribution in [2.45, 2.75) is 52.6 Å². The molecule has 0 aliphatic heterocycles. The first kappa shape index (κ1) is 16.9. The van der Waals surface area contributed by atoms with Gasteiger partial charge >= 0.3 is 5.97 Å². The molecule has 0 aromatic carbocycles. The quantitative estimate of drug-likeness (QED) is 0.412. The second-order valence-corrected chi connectivity index (χ2v) is 7.26. The van der Waals surface area contributed by atoms with E-state index in [4.69, 9.17) is 4.74 Å². The van der Waals surface area contributed by atoms with E-state index in [0.29, 0.717) is 0 Å². The van der Waals surface area contributed by atoms with Crippen LogP contribution in [-0.2, 0) is 19.1 Å². The molecule has 2 saturated carbocycles. The Morgan fingerprint density at radius 1 is 1.36 bits per heavy atom. The number of hydrogen-bond donors (Lipinski definition) is 0. The molecule has 0 saturated heterocycles. The van der Waals surface area contributed by atoms with Gasteiger partial charge in [-0.2, -0.15) is 0 Å². The van der Waals surface area contributed by atoms with Gasteiger partial charge in [0.2, 0.25) is 0 Å². The molecule has 22 heavy (non-hydrogen) atoms. The first-order valence-electron chi connectivity index (χ1n) is 8.10. The summed E-state index contributed by atoms with van der Waals surface area (Å²) in [6, 6.07) is 0. The molecule has 0 amide bonds. The van der Waals surface area contributed by atoms with E-state index in [1.807, 2.05) is 6.08 Å². The number of hydrogen-bond acceptors (Lipinski definition) is 4. The Morgan fingerprint density at radius 2 is 2.05 bits per heavy atom. The number of carbonyl (C=O) groups excluding carboxylic acids is 3. The number of ether oxygens (including phenoxy) is 1. The standard InChI is InChI=1S/C18H26O4/c1-5-14-17(18(14,3)4)16(22-11(2)20)9-15(21)13-8-6-7-12(13)10-19/h5,10,12-14,16-17H,1,6-9H2,2-4H3/t12-,13+,14-,16-,17-/m0/s1. The normalized spacial score (nSPS) is 33.8. The van der Waals surface area contributed by atoms with Crippen molar-refractivity contribution in [1.82, 2.24) is 0 Å². The molecule has 2 rings (SSSR count). The summed E-state index contributed by atoms with van der Waals surface area (Å²) in [6.07, 6.45) is 5.08. The highest BCUT2D eigenvalue weighted by molar-refractivity contribution is 5.85. The van der Waals surface area contributed by atoms with Crippen molar-refractivity contribution in [3.8, 4) is 0 Å². The van der Waals surface area contributed by atoms with Gasteiger partial charge in [0, 0.05) is 31.1 Å². The SMILES string of the molecule is C=C[C@H]1[C@@H]([C@H](CC(=O)[C@@H]2CCC[C@H]2C=O)OC(C)=O)C1(C)C. The van der Waals surface area contributed by atoms with Crippen molar-refractivity contribution in [3.63, 3.8) is 0 Å². The molecule has 0 heterocycles. The summed E-state index contributed by atoms with van der Waals surface area (Å²) in [5, 5.41) is 0. The van der Waals surface area contributed by atoms with Crippen LogP contribution in [0.15, 0.2) is 12.7 Å². The highest BCUT2D eigenvalue weighted by Crippen LogP contribution is 2.61. The molecule has 5 atom stereocenters. The minimum atomic E-state index is -0.407. The van der Waals surface area contributed by atoms with Crippen LogP contribution in [-0.4, -0.2) is 24.1 Å². The molecule has 4 heteroatoms. The summed E-state index contributed by atoms with van der Waals surface area (Å²) >= 11 is 0. The molecule has 0 aromatic rings. The maximum atomic E-state index is 12.6. The van der Waals surface area contributed by atoms with Crippen molar-refractivity contribution in [2.24, 2.45) is 29.1 Å². The molecule has 2 aliphatic carbocycles. The zero-order valence-corrected chi connectivity index (χ0v) is 13.7. The van der Waals surface area contributed by atoms with Gasteiger partial charge in [-0.3, -0.25) is 9.59 Å². The van der Waals surface area contributed by atoms with E-state index in [0.717, 1.165) is 25.5 Å². The van der Waals surface area contributed by atoms with E-state index in [1.165, 1.54) is 6.92 Å². The molecular formula is C18H26O4. The average molecular weight is 306 g/mol. The zero-order chi connectivity index (χ0) is 16.5. The Labute approximate surface area is 132 Å². The van der Waals surface area contributed by atoms with E-state index in [9.17, 15) is 14.4 Å². The lowest BCUT2D eigenvalue weighted by Crippen LogP contribution is -2.29. The van der Waals surface area contributed by atoms with Crippen LogP contribution in [0.4, 0.5) is 0 Å². The molecule has 0 bridgehead atoms. The summed E-state index contributed by atoms with van der Waals surface area (Å²) in [5.74, 6) is -0.260. The fourth-order valence-corrected chi connectivity index (χ4v) is 4.24. The minimum absolute atomic E-state index is 0.00187. The Hall–Kier alpha value is -1.45. The van der Waals surface area contributed by atoms with Crippen molar-refractivity contribution in [2.75, 3.05) is 0 Å². The predicted molar refractivity (Wildman–Crippen MR) is 83.0 cm³/mol. The van der Waals surface area contributed by atoms with Gasteiger partial charge in [0.15, 0.2) is 0 Å². The second kappa shape index (κ2) is 6.35. The summed E-state index contributed by atoms with van der Waals surface area (Å²) in [4.78, 5) is 35.1. The Kier molecular flexibility index (Phi) is 4.88. The van der Waals surface area contributed by atoms with E-state index in [2.05, 4.69) is 20.4 Å². The van der Waals surface area contributed by atoms with Gasteiger partial charge in [-0.25, -0.2) is 0 Å². The monoisotopic (exact) mass is 306 g/mol. The van der Waals surface area contributed by atoms with Gasteiger partial charge < -0.3 is 9.53 Å². The predicted octanol–water partition coefficient (Wildman–Crippen LogP) is 2.95. The Morgan fingerprint density at radius 3 is 2.55 bits per heavy atom. The molecule has 0 unspecified atom stereocenters. The largest absolute Gasteiger partial charge is 0.462 e. The van der Waals surface area contributed by atoms with Crippen LogP contribution in [0.3, 0.4) is 0 Å². The fourth-order valence-electron chi connectivity index (χ4n) is 4.24. The zero-order valence-electron chi connectivity index (χ0n) is 13.7. The lowest BCUT2D eigenvalue weighted by molar-refractivity contribution is -0.150. The number of ketones is 1. The van der Waals surface area contributed by atoms with Gasteiger partial charge in [-0.15, -0.1) is 6.58 Å². The molecule has 4 nitrogen and oxygen atoms in total. The first-order valence-corrected chi connectivity index (χ1v) is 8.10. The van der Waals surface area contributed by atoms with E-state index in [1.54, 1.807) is 0 Å². The Balaban J connectivity index is 2.07. The van der Waals surface area contributed by atoms with Crippen LogP contribution in [0.1, 0.15) is 46.5 Å². The second-order valence-electron chi connectivity index (χ2n) is 7.26. The van der Waals surface area contributed by atoms with Crippen molar-refractivity contribution in [1.29, 1.82) is 0 Å².